The number of hydrogen-bond donors (Lipinski definition) is 1. The molecule has 0 radical (unpaired) electrons. The smallest absolute Gasteiger partial charge is 0.323 e. The second-order valence-electron chi connectivity index (χ2n) is 2.97. The van der Waals surface area contributed by atoms with Crippen LogP contribution in [0.3, 0.4) is 0 Å². The molecule has 1 aromatic rings. The molecule has 0 bridgehead atoms. The van der Waals surface area contributed by atoms with Gasteiger partial charge in [-0.25, -0.2) is 0 Å². The second-order valence-corrected chi connectivity index (χ2v) is 5.43. The van der Waals surface area contributed by atoms with Crippen LogP contribution >= 0.6 is 27.3 Å². The summed E-state index contributed by atoms with van der Waals surface area (Å²) in [6, 6.07) is 3.42. The van der Waals surface area contributed by atoms with Gasteiger partial charge >= 0.3 is 5.97 Å². The summed E-state index contributed by atoms with van der Waals surface area (Å²) in [5.74, 6) is -1.33. The van der Waals surface area contributed by atoms with Gasteiger partial charge in [-0.2, -0.15) is 0 Å². The Bertz CT molecular complexity index is 416. The number of aliphatic carboxylic acids is 1. The molecule has 0 saturated heterocycles. The molecule has 1 amide bonds. The predicted octanol–water partition coefficient (Wildman–Crippen LogP) is 2.22. The summed E-state index contributed by atoms with van der Waals surface area (Å²) >= 11 is 4.53. The van der Waals surface area contributed by atoms with E-state index in [1.807, 2.05) is 0 Å². The van der Waals surface area contributed by atoms with E-state index in [0.29, 0.717) is 4.88 Å². The lowest BCUT2D eigenvalue weighted by molar-refractivity contribution is -0.137. The summed E-state index contributed by atoms with van der Waals surface area (Å²) < 4.78 is 0.838. The minimum atomic E-state index is -1.04. The Balaban J connectivity index is 2.81. The number of rotatable bonds is 5. The number of carboxylic acid groups (broad SMARTS) is 1. The fourth-order valence-corrected chi connectivity index (χ4v) is 2.48. The maximum Gasteiger partial charge on any atom is 0.323 e. The average Bonchev–Trinajstić information content (AvgIpc) is 2.62. The molecule has 1 aromatic heterocycles. The van der Waals surface area contributed by atoms with Crippen LogP contribution in [0, 0.1) is 0 Å². The van der Waals surface area contributed by atoms with Crippen molar-refractivity contribution in [3.8, 4) is 0 Å². The van der Waals surface area contributed by atoms with Crippen LogP contribution in [-0.2, 0) is 4.79 Å². The van der Waals surface area contributed by atoms with Crippen LogP contribution < -0.4 is 0 Å². The predicted molar refractivity (Wildman–Crippen MR) is 65.8 cm³/mol. The van der Waals surface area contributed by atoms with Gasteiger partial charge < -0.3 is 10.0 Å². The van der Waals surface area contributed by atoms with E-state index in [0.717, 1.165) is 3.79 Å². The van der Waals surface area contributed by atoms with Gasteiger partial charge in [0.1, 0.15) is 6.54 Å². The molecule has 1 rings (SSSR count). The van der Waals surface area contributed by atoms with Crippen molar-refractivity contribution in [2.24, 2.45) is 0 Å². The van der Waals surface area contributed by atoms with Crippen LogP contribution in [0.5, 0.6) is 0 Å². The topological polar surface area (TPSA) is 57.6 Å². The highest BCUT2D eigenvalue weighted by Gasteiger charge is 2.18. The molecule has 1 heterocycles. The molecule has 1 N–H and O–H groups in total. The highest BCUT2D eigenvalue weighted by Crippen LogP contribution is 2.23. The molecule has 0 aromatic carbocycles. The maximum absolute atomic E-state index is 11.9. The van der Waals surface area contributed by atoms with Crippen molar-refractivity contribution in [3.63, 3.8) is 0 Å². The Morgan fingerprint density at radius 3 is 2.69 bits per heavy atom. The van der Waals surface area contributed by atoms with Gasteiger partial charge in [0, 0.05) is 6.54 Å². The van der Waals surface area contributed by atoms with Crippen LogP contribution in [0.4, 0.5) is 0 Å². The molecule has 0 atom stereocenters. The van der Waals surface area contributed by atoms with Crippen molar-refractivity contribution in [2.75, 3.05) is 13.1 Å². The van der Waals surface area contributed by atoms with E-state index in [1.165, 1.54) is 22.3 Å². The zero-order valence-corrected chi connectivity index (χ0v) is 10.8. The number of carbonyl (C=O) groups excluding carboxylic acids is 1. The van der Waals surface area contributed by atoms with E-state index in [1.54, 1.807) is 12.1 Å². The van der Waals surface area contributed by atoms with Crippen molar-refractivity contribution in [1.82, 2.24) is 4.90 Å². The number of carbonyl (C=O) groups is 2. The van der Waals surface area contributed by atoms with Crippen molar-refractivity contribution in [1.29, 1.82) is 0 Å². The minimum absolute atomic E-state index is 0.223. The molecule has 0 aliphatic carbocycles. The molecule has 86 valence electrons. The third-order valence-electron chi connectivity index (χ3n) is 1.75. The van der Waals surface area contributed by atoms with Crippen molar-refractivity contribution < 1.29 is 14.7 Å². The summed E-state index contributed by atoms with van der Waals surface area (Å²) in [6.45, 7) is 3.40. The molecular weight excluding hydrogens is 294 g/mol. The molecule has 16 heavy (non-hydrogen) atoms. The first-order valence-corrected chi connectivity index (χ1v) is 6.03. The van der Waals surface area contributed by atoms with E-state index in [-0.39, 0.29) is 19.0 Å². The Morgan fingerprint density at radius 1 is 1.56 bits per heavy atom. The molecule has 0 aliphatic rings. The van der Waals surface area contributed by atoms with Gasteiger partial charge in [0.2, 0.25) is 0 Å². The minimum Gasteiger partial charge on any atom is -0.480 e. The summed E-state index contributed by atoms with van der Waals surface area (Å²) in [5.41, 5.74) is 0. The molecule has 0 fully saturated rings. The van der Waals surface area contributed by atoms with Crippen LogP contribution in [-0.4, -0.2) is 35.0 Å². The van der Waals surface area contributed by atoms with E-state index in [4.69, 9.17) is 5.11 Å². The number of nitrogens with zero attached hydrogens (tertiary/aromatic N) is 1. The zero-order valence-electron chi connectivity index (χ0n) is 8.35. The Morgan fingerprint density at radius 2 is 2.25 bits per heavy atom. The fraction of sp³-hybridized carbons (Fsp3) is 0.200. The highest BCUT2D eigenvalue weighted by atomic mass is 79.9. The number of halogens is 1. The van der Waals surface area contributed by atoms with Crippen LogP contribution in [0.15, 0.2) is 28.6 Å². The lowest BCUT2D eigenvalue weighted by Crippen LogP contribution is -2.35. The van der Waals surface area contributed by atoms with Gasteiger partial charge in [-0.05, 0) is 28.1 Å². The Labute approximate surface area is 105 Å². The third-order valence-corrected chi connectivity index (χ3v) is 3.36. The van der Waals surface area contributed by atoms with Gasteiger partial charge in [-0.1, -0.05) is 6.08 Å². The summed E-state index contributed by atoms with van der Waals surface area (Å²) in [4.78, 5) is 24.2. The number of amides is 1. The average molecular weight is 304 g/mol. The number of thiophene rings is 1. The summed E-state index contributed by atoms with van der Waals surface area (Å²) in [5, 5.41) is 8.68. The Hall–Kier alpha value is -1.14. The van der Waals surface area contributed by atoms with Crippen LogP contribution in [0.1, 0.15) is 9.67 Å². The first kappa shape index (κ1) is 12.9. The molecule has 6 heteroatoms. The highest BCUT2D eigenvalue weighted by molar-refractivity contribution is 9.11. The van der Waals surface area contributed by atoms with Gasteiger partial charge in [0.05, 0.1) is 8.66 Å². The van der Waals surface area contributed by atoms with E-state index in [9.17, 15) is 9.59 Å². The largest absolute Gasteiger partial charge is 0.480 e. The van der Waals surface area contributed by atoms with Crippen LogP contribution in [0.25, 0.3) is 0 Å². The van der Waals surface area contributed by atoms with Gasteiger partial charge in [-0.3, -0.25) is 9.59 Å². The quantitative estimate of drug-likeness (QED) is 0.849. The Kier molecular flexibility index (Phi) is 4.70. The zero-order chi connectivity index (χ0) is 12.1. The molecule has 0 saturated carbocycles. The van der Waals surface area contributed by atoms with Gasteiger partial charge in [0.25, 0.3) is 5.91 Å². The molecule has 4 nitrogen and oxygen atoms in total. The van der Waals surface area contributed by atoms with Gasteiger partial charge in [-0.15, -0.1) is 17.9 Å². The van der Waals surface area contributed by atoms with E-state index in [2.05, 4.69) is 22.5 Å². The third kappa shape index (κ3) is 3.46. The first-order valence-electron chi connectivity index (χ1n) is 4.42. The normalized spacial score (nSPS) is 9.81. The van der Waals surface area contributed by atoms with E-state index < -0.39 is 5.97 Å². The lowest BCUT2D eigenvalue weighted by Gasteiger charge is -2.17. The lowest BCUT2D eigenvalue weighted by atomic mass is 10.3. The standard InChI is InChI=1S/C10H10BrNO3S/c1-2-5-12(6-9(13)14)10(15)7-3-4-8(11)16-7/h2-4H,1,5-6H2,(H,13,14). The molecular formula is C10H10BrNO3S. The SMILES string of the molecule is C=CCN(CC(=O)O)C(=O)c1ccc(Br)s1. The second kappa shape index (κ2) is 5.81. The first-order chi connectivity index (χ1) is 7.54. The molecule has 0 unspecified atom stereocenters. The van der Waals surface area contributed by atoms with E-state index >= 15 is 0 Å². The number of carboxylic acids is 1. The molecule has 0 aliphatic heterocycles. The summed E-state index contributed by atoms with van der Waals surface area (Å²) in [7, 11) is 0. The molecule has 0 spiro atoms. The summed E-state index contributed by atoms with van der Waals surface area (Å²) in [6.07, 6.45) is 1.50. The van der Waals surface area contributed by atoms with Crippen LogP contribution in [0.2, 0.25) is 0 Å². The maximum atomic E-state index is 11.9. The van der Waals surface area contributed by atoms with Crippen molar-refractivity contribution in [3.05, 3.63) is 33.5 Å². The number of hydrogen-bond acceptors (Lipinski definition) is 3. The van der Waals surface area contributed by atoms with Gasteiger partial charge in [0.15, 0.2) is 0 Å². The van der Waals surface area contributed by atoms with Crippen molar-refractivity contribution >= 4 is 39.1 Å². The fourth-order valence-electron chi connectivity index (χ4n) is 1.12. The van der Waals surface area contributed by atoms with Crippen molar-refractivity contribution in [2.45, 2.75) is 0 Å². The monoisotopic (exact) mass is 303 g/mol.